The van der Waals surface area contributed by atoms with Crippen LogP contribution in [0.5, 0.6) is 5.75 Å². The highest BCUT2D eigenvalue weighted by Crippen LogP contribution is 2.26. The Hall–Kier alpha value is -0.980. The van der Waals surface area contributed by atoms with Crippen molar-refractivity contribution in [3.8, 4) is 5.75 Å². The van der Waals surface area contributed by atoms with Crippen molar-refractivity contribution in [2.24, 2.45) is 0 Å². The first-order chi connectivity index (χ1) is 4.86. The lowest BCUT2D eigenvalue weighted by atomic mass is 10.1. The van der Waals surface area contributed by atoms with Crippen LogP contribution in [-0.4, -0.2) is 6.61 Å². The first kappa shape index (κ1) is 5.78. The van der Waals surface area contributed by atoms with Crippen LogP contribution >= 0.6 is 0 Å². The van der Waals surface area contributed by atoms with Gasteiger partial charge in [-0.3, -0.25) is 0 Å². The zero-order valence-electron chi connectivity index (χ0n) is 5.85. The predicted molar refractivity (Wildman–Crippen MR) is 39.0 cm³/mol. The maximum Gasteiger partial charge on any atom is 0.123 e. The summed E-state index contributed by atoms with van der Waals surface area (Å²) in [6.07, 6.45) is 3.12. The molecule has 2 rings (SSSR count). The van der Waals surface area contributed by atoms with Gasteiger partial charge in [0.05, 0.1) is 6.42 Å². The molecule has 0 amide bonds. The van der Waals surface area contributed by atoms with E-state index in [1.54, 1.807) is 0 Å². The number of hydrogen-bond acceptors (Lipinski definition) is 1. The van der Waals surface area contributed by atoms with Gasteiger partial charge in [-0.25, -0.2) is 0 Å². The Bertz CT molecular complexity index is 253. The van der Waals surface area contributed by atoms with Gasteiger partial charge in [0, 0.05) is 5.56 Å². The van der Waals surface area contributed by atoms with E-state index in [4.69, 9.17) is 4.74 Å². The Morgan fingerprint density at radius 3 is 3.30 bits per heavy atom. The van der Waals surface area contributed by atoms with Gasteiger partial charge in [-0.05, 0) is 13.0 Å². The fourth-order valence-electron chi connectivity index (χ4n) is 1.10. The second-order valence-corrected chi connectivity index (χ2v) is 2.47. The lowest BCUT2D eigenvalue weighted by Gasteiger charge is -1.97. The third kappa shape index (κ3) is 0.783. The van der Waals surface area contributed by atoms with Gasteiger partial charge in [0.1, 0.15) is 12.4 Å². The van der Waals surface area contributed by atoms with Gasteiger partial charge in [0.2, 0.25) is 0 Å². The zero-order valence-corrected chi connectivity index (χ0v) is 5.85. The van der Waals surface area contributed by atoms with E-state index < -0.39 is 0 Å². The topological polar surface area (TPSA) is 9.23 Å². The van der Waals surface area contributed by atoms with Crippen molar-refractivity contribution >= 4 is 0 Å². The summed E-state index contributed by atoms with van der Waals surface area (Å²) in [6.45, 7) is 2.68. The average Bonchev–Trinajstić information content (AvgIpc) is 2.33. The van der Waals surface area contributed by atoms with Crippen LogP contribution < -0.4 is 4.74 Å². The van der Waals surface area contributed by atoms with E-state index in [1.807, 2.05) is 12.1 Å². The standard InChI is InChI=1S/C9H8O/c1-7-2-3-9-8(6-7)4-5-10-9/h2-3,6H,5H2,1H3. The molecular weight excluding hydrogens is 124 g/mol. The van der Waals surface area contributed by atoms with Crippen LogP contribution in [0.15, 0.2) is 18.2 Å². The molecule has 0 saturated heterocycles. The molecule has 1 aromatic rings. The molecule has 0 fully saturated rings. The lowest BCUT2D eigenvalue weighted by molar-refractivity contribution is 0.377. The minimum Gasteiger partial charge on any atom is -0.492 e. The molecular formula is C9H8O. The van der Waals surface area contributed by atoms with Gasteiger partial charge in [0.15, 0.2) is 0 Å². The lowest BCUT2D eigenvalue weighted by Crippen LogP contribution is -1.84. The summed E-state index contributed by atoms with van der Waals surface area (Å²) in [5.74, 6) is 0.964. The summed E-state index contributed by atoms with van der Waals surface area (Å²) in [6, 6.07) is 6.12. The van der Waals surface area contributed by atoms with E-state index in [9.17, 15) is 0 Å². The van der Waals surface area contributed by atoms with Crippen LogP contribution in [-0.2, 0) is 0 Å². The van der Waals surface area contributed by atoms with Gasteiger partial charge < -0.3 is 4.74 Å². The number of rotatable bonds is 0. The van der Waals surface area contributed by atoms with Crippen molar-refractivity contribution in [2.45, 2.75) is 6.92 Å². The van der Waals surface area contributed by atoms with Crippen molar-refractivity contribution < 1.29 is 4.74 Å². The highest BCUT2D eigenvalue weighted by molar-refractivity contribution is 5.44. The Balaban J connectivity index is 2.52. The smallest absolute Gasteiger partial charge is 0.123 e. The quantitative estimate of drug-likeness (QED) is 0.523. The molecule has 50 valence electrons. The molecule has 0 N–H and O–H groups in total. The van der Waals surface area contributed by atoms with Gasteiger partial charge >= 0.3 is 0 Å². The highest BCUT2D eigenvalue weighted by atomic mass is 16.5. The van der Waals surface area contributed by atoms with Gasteiger partial charge in [0.25, 0.3) is 0 Å². The monoisotopic (exact) mass is 132 g/mol. The van der Waals surface area contributed by atoms with Crippen LogP contribution in [0.25, 0.3) is 0 Å². The molecule has 1 aromatic carbocycles. The van der Waals surface area contributed by atoms with Crippen LogP contribution in [0.2, 0.25) is 0 Å². The molecule has 0 spiro atoms. The summed E-state index contributed by atoms with van der Waals surface area (Å²) in [4.78, 5) is 0. The van der Waals surface area contributed by atoms with Crippen molar-refractivity contribution in [3.05, 3.63) is 35.7 Å². The third-order valence-electron chi connectivity index (χ3n) is 1.63. The Labute approximate surface area is 60.6 Å². The maximum absolute atomic E-state index is 5.24. The van der Waals surface area contributed by atoms with Crippen molar-refractivity contribution in [3.63, 3.8) is 0 Å². The molecule has 0 aliphatic carbocycles. The van der Waals surface area contributed by atoms with E-state index in [0.29, 0.717) is 6.61 Å². The van der Waals surface area contributed by atoms with E-state index in [1.165, 1.54) is 5.56 Å². The van der Waals surface area contributed by atoms with Crippen molar-refractivity contribution in [2.75, 3.05) is 6.61 Å². The molecule has 0 unspecified atom stereocenters. The van der Waals surface area contributed by atoms with E-state index in [-0.39, 0.29) is 0 Å². The largest absolute Gasteiger partial charge is 0.492 e. The highest BCUT2D eigenvalue weighted by Gasteiger charge is 2.11. The van der Waals surface area contributed by atoms with Crippen molar-refractivity contribution in [1.82, 2.24) is 0 Å². The fraction of sp³-hybridized carbons (Fsp3) is 0.222. The molecule has 1 heteroatoms. The molecule has 1 aliphatic heterocycles. The molecule has 0 aromatic heterocycles. The SMILES string of the molecule is Cc1ccc2c(c1)[C]CO2. The van der Waals surface area contributed by atoms with Gasteiger partial charge in [-0.2, -0.15) is 0 Å². The average molecular weight is 132 g/mol. The minimum atomic E-state index is 0.610. The molecule has 10 heavy (non-hydrogen) atoms. The van der Waals surface area contributed by atoms with Crippen LogP contribution in [0, 0.1) is 13.3 Å². The summed E-state index contributed by atoms with van der Waals surface area (Å²) in [5.41, 5.74) is 2.37. The molecule has 0 atom stereocenters. The summed E-state index contributed by atoms with van der Waals surface area (Å²) >= 11 is 0. The Morgan fingerprint density at radius 2 is 2.40 bits per heavy atom. The maximum atomic E-state index is 5.24. The molecule has 0 saturated carbocycles. The number of hydrogen-bond donors (Lipinski definition) is 0. The summed E-state index contributed by atoms with van der Waals surface area (Å²) < 4.78 is 5.24. The normalized spacial score (nSPS) is 14.5. The molecule has 1 heterocycles. The molecule has 2 radical (unpaired) electrons. The van der Waals surface area contributed by atoms with Gasteiger partial charge in [-0.15, -0.1) is 0 Å². The number of aryl methyl sites for hydroxylation is 1. The van der Waals surface area contributed by atoms with Crippen LogP contribution in [0.4, 0.5) is 0 Å². The van der Waals surface area contributed by atoms with Gasteiger partial charge in [-0.1, -0.05) is 17.7 Å². The zero-order chi connectivity index (χ0) is 6.97. The molecule has 1 nitrogen and oxygen atoms in total. The first-order valence-electron chi connectivity index (χ1n) is 3.33. The van der Waals surface area contributed by atoms with E-state index in [0.717, 1.165) is 11.3 Å². The number of fused-ring (bicyclic) bond motifs is 1. The fourth-order valence-corrected chi connectivity index (χ4v) is 1.10. The first-order valence-corrected chi connectivity index (χ1v) is 3.33. The van der Waals surface area contributed by atoms with E-state index >= 15 is 0 Å². The predicted octanol–water partition coefficient (Wildman–Crippen LogP) is 1.82. The number of benzene rings is 1. The second-order valence-electron chi connectivity index (χ2n) is 2.47. The molecule has 0 bridgehead atoms. The number of ether oxygens (including phenoxy) is 1. The Morgan fingerprint density at radius 1 is 1.50 bits per heavy atom. The molecule has 1 aliphatic rings. The second kappa shape index (κ2) is 2.01. The van der Waals surface area contributed by atoms with Crippen molar-refractivity contribution in [1.29, 1.82) is 0 Å². The van der Waals surface area contributed by atoms with Crippen LogP contribution in [0.1, 0.15) is 11.1 Å². The van der Waals surface area contributed by atoms with E-state index in [2.05, 4.69) is 19.4 Å². The minimum absolute atomic E-state index is 0.610. The summed E-state index contributed by atoms with van der Waals surface area (Å²) in [5, 5.41) is 0. The summed E-state index contributed by atoms with van der Waals surface area (Å²) in [7, 11) is 0. The van der Waals surface area contributed by atoms with Crippen LogP contribution in [0.3, 0.4) is 0 Å². The third-order valence-corrected chi connectivity index (χ3v) is 1.63. The Kier molecular flexibility index (Phi) is 1.16.